The number of hydrogen-bond donors (Lipinski definition) is 3. The summed E-state index contributed by atoms with van der Waals surface area (Å²) in [4.78, 5) is 7.37. The Bertz CT molecular complexity index is 894. The summed E-state index contributed by atoms with van der Waals surface area (Å²) in [7, 11) is 3.65. The molecule has 3 N–H and O–H groups in total. The highest BCUT2D eigenvalue weighted by molar-refractivity contribution is 5.83. The zero-order valence-corrected chi connectivity index (χ0v) is 14.6. The van der Waals surface area contributed by atoms with Crippen molar-refractivity contribution in [2.24, 2.45) is 12.0 Å². The van der Waals surface area contributed by atoms with Crippen LogP contribution in [0.5, 0.6) is 0 Å². The van der Waals surface area contributed by atoms with E-state index in [9.17, 15) is 4.39 Å². The number of H-pyrrole nitrogens is 1. The maximum Gasteiger partial charge on any atom is 0.191 e. The average Bonchev–Trinajstić information content (AvgIpc) is 3.15. The van der Waals surface area contributed by atoms with E-state index in [0.717, 1.165) is 34.5 Å². The van der Waals surface area contributed by atoms with Crippen LogP contribution in [-0.2, 0) is 20.0 Å². The highest BCUT2D eigenvalue weighted by Gasteiger charge is 2.07. The van der Waals surface area contributed by atoms with Crippen LogP contribution in [0.1, 0.15) is 17.2 Å². The van der Waals surface area contributed by atoms with Gasteiger partial charge in [-0.3, -0.25) is 4.99 Å². The van der Waals surface area contributed by atoms with Crippen LogP contribution < -0.4 is 10.6 Å². The van der Waals surface area contributed by atoms with Gasteiger partial charge >= 0.3 is 0 Å². The van der Waals surface area contributed by atoms with Gasteiger partial charge in [0.25, 0.3) is 0 Å². The van der Waals surface area contributed by atoms with E-state index in [1.807, 2.05) is 24.7 Å². The lowest BCUT2D eigenvalue weighted by atomic mass is 10.1. The monoisotopic (exact) mass is 343 g/mol. The molecule has 0 aliphatic heterocycles. The summed E-state index contributed by atoms with van der Waals surface area (Å²) in [6.45, 7) is 3.13. The van der Waals surface area contributed by atoms with Gasteiger partial charge in [-0.1, -0.05) is 0 Å². The van der Waals surface area contributed by atoms with Crippen LogP contribution in [0.2, 0.25) is 0 Å². The van der Waals surface area contributed by atoms with Crippen molar-refractivity contribution in [1.82, 2.24) is 30.4 Å². The van der Waals surface area contributed by atoms with Crippen LogP contribution >= 0.6 is 0 Å². The second kappa shape index (κ2) is 7.33. The molecule has 0 atom stereocenters. The summed E-state index contributed by atoms with van der Waals surface area (Å²) in [5, 5.41) is 15.5. The first-order chi connectivity index (χ1) is 12.1. The lowest BCUT2D eigenvalue weighted by molar-refractivity contribution is 0.629. The second-order valence-electron chi connectivity index (χ2n) is 5.83. The Morgan fingerprint density at radius 2 is 2.16 bits per heavy atom. The topological polar surface area (TPSA) is 82.9 Å². The van der Waals surface area contributed by atoms with Gasteiger partial charge in [0.05, 0.1) is 6.54 Å². The van der Waals surface area contributed by atoms with Crippen molar-refractivity contribution >= 4 is 16.9 Å². The fraction of sp³-hybridized carbons (Fsp3) is 0.353. The number of aromatic amines is 1. The first-order valence-corrected chi connectivity index (χ1v) is 8.13. The smallest absolute Gasteiger partial charge is 0.191 e. The SMILES string of the molecule is CN=C(NCCc1c[nH]c2ccc(F)cc12)NCc1nnc(C)n1C. The zero-order valence-electron chi connectivity index (χ0n) is 14.6. The summed E-state index contributed by atoms with van der Waals surface area (Å²) in [5.41, 5.74) is 2.01. The molecule has 0 spiro atoms. The van der Waals surface area contributed by atoms with E-state index in [2.05, 4.69) is 30.8 Å². The molecule has 132 valence electrons. The number of rotatable bonds is 5. The van der Waals surface area contributed by atoms with Crippen LogP contribution in [0.4, 0.5) is 4.39 Å². The zero-order chi connectivity index (χ0) is 17.8. The van der Waals surface area contributed by atoms with E-state index in [-0.39, 0.29) is 5.82 Å². The summed E-state index contributed by atoms with van der Waals surface area (Å²) in [6, 6.07) is 4.77. The summed E-state index contributed by atoms with van der Waals surface area (Å²) in [6.07, 6.45) is 2.68. The molecule has 1 aromatic carbocycles. The predicted octanol–water partition coefficient (Wildman–Crippen LogP) is 1.65. The molecular formula is C17H22FN7. The lowest BCUT2D eigenvalue weighted by Gasteiger charge is -2.11. The summed E-state index contributed by atoms with van der Waals surface area (Å²) >= 11 is 0. The largest absolute Gasteiger partial charge is 0.361 e. The molecule has 0 bridgehead atoms. The van der Waals surface area contributed by atoms with Gasteiger partial charge in [0.1, 0.15) is 11.6 Å². The molecule has 0 saturated heterocycles. The van der Waals surface area contributed by atoms with Gasteiger partial charge in [0.2, 0.25) is 0 Å². The van der Waals surface area contributed by atoms with Gasteiger partial charge < -0.3 is 20.2 Å². The molecule has 0 amide bonds. The fourth-order valence-electron chi connectivity index (χ4n) is 2.66. The molecule has 3 aromatic rings. The van der Waals surface area contributed by atoms with Crippen molar-refractivity contribution in [3.63, 3.8) is 0 Å². The standard InChI is InChI=1S/C17H22FN7/c1-11-23-24-16(25(11)3)10-22-17(19-2)20-7-6-12-9-21-15-5-4-13(18)8-14(12)15/h4-5,8-9,21H,6-7,10H2,1-3H3,(H2,19,20,22). The molecule has 2 heterocycles. The van der Waals surface area contributed by atoms with Crippen LogP contribution in [0.15, 0.2) is 29.4 Å². The van der Waals surface area contributed by atoms with Crippen molar-refractivity contribution in [1.29, 1.82) is 0 Å². The minimum Gasteiger partial charge on any atom is -0.361 e. The number of nitrogens with one attached hydrogen (secondary N) is 3. The number of aliphatic imine (C=N–C) groups is 1. The van der Waals surface area contributed by atoms with Gasteiger partial charge in [0, 0.05) is 37.7 Å². The van der Waals surface area contributed by atoms with Gasteiger partial charge in [0.15, 0.2) is 11.8 Å². The Morgan fingerprint density at radius 3 is 2.88 bits per heavy atom. The summed E-state index contributed by atoms with van der Waals surface area (Å²) < 4.78 is 15.4. The lowest BCUT2D eigenvalue weighted by Crippen LogP contribution is -2.38. The molecule has 0 saturated carbocycles. The van der Waals surface area contributed by atoms with E-state index < -0.39 is 0 Å². The molecule has 3 rings (SSSR count). The van der Waals surface area contributed by atoms with Crippen molar-refractivity contribution in [3.05, 3.63) is 47.4 Å². The molecule has 25 heavy (non-hydrogen) atoms. The number of fused-ring (bicyclic) bond motifs is 1. The van der Waals surface area contributed by atoms with E-state index in [1.165, 1.54) is 6.07 Å². The quantitative estimate of drug-likeness (QED) is 0.486. The fourth-order valence-corrected chi connectivity index (χ4v) is 2.66. The van der Waals surface area contributed by atoms with E-state index in [4.69, 9.17) is 0 Å². The Kier molecular flexibility index (Phi) is 4.97. The Labute approximate surface area is 145 Å². The second-order valence-corrected chi connectivity index (χ2v) is 5.83. The van der Waals surface area contributed by atoms with Crippen molar-refractivity contribution in [2.75, 3.05) is 13.6 Å². The van der Waals surface area contributed by atoms with E-state index in [0.29, 0.717) is 19.0 Å². The number of nitrogens with zero attached hydrogens (tertiary/aromatic N) is 4. The number of halogens is 1. The molecular weight excluding hydrogens is 321 g/mol. The first kappa shape index (κ1) is 16.9. The van der Waals surface area contributed by atoms with Crippen LogP contribution in [0.25, 0.3) is 10.9 Å². The molecule has 8 heteroatoms. The van der Waals surface area contributed by atoms with E-state index in [1.54, 1.807) is 19.2 Å². The predicted molar refractivity (Wildman–Crippen MR) is 95.9 cm³/mol. The van der Waals surface area contributed by atoms with Crippen molar-refractivity contribution < 1.29 is 4.39 Å². The normalized spacial score (nSPS) is 11.9. The number of aryl methyl sites for hydroxylation is 1. The van der Waals surface area contributed by atoms with Gasteiger partial charge in [-0.15, -0.1) is 10.2 Å². The number of hydrogen-bond acceptors (Lipinski definition) is 3. The Balaban J connectivity index is 1.54. The van der Waals surface area contributed by atoms with Crippen LogP contribution in [-0.4, -0.2) is 39.3 Å². The minimum atomic E-state index is -0.224. The molecule has 0 unspecified atom stereocenters. The van der Waals surface area contributed by atoms with Crippen molar-refractivity contribution in [3.8, 4) is 0 Å². The third kappa shape index (κ3) is 3.78. The molecule has 2 aromatic heterocycles. The molecule has 0 aliphatic carbocycles. The molecule has 0 aliphatic rings. The number of aromatic nitrogens is 4. The first-order valence-electron chi connectivity index (χ1n) is 8.13. The average molecular weight is 343 g/mol. The maximum atomic E-state index is 13.4. The number of benzene rings is 1. The number of guanidine groups is 1. The van der Waals surface area contributed by atoms with Crippen molar-refractivity contribution in [2.45, 2.75) is 19.9 Å². The molecule has 7 nitrogen and oxygen atoms in total. The van der Waals surface area contributed by atoms with Gasteiger partial charge in [-0.05, 0) is 37.1 Å². The third-order valence-corrected chi connectivity index (χ3v) is 4.24. The Hall–Kier alpha value is -2.90. The highest BCUT2D eigenvalue weighted by atomic mass is 19.1. The molecule has 0 fully saturated rings. The highest BCUT2D eigenvalue weighted by Crippen LogP contribution is 2.19. The maximum absolute atomic E-state index is 13.4. The minimum absolute atomic E-state index is 0.224. The molecule has 0 radical (unpaired) electrons. The van der Waals surface area contributed by atoms with Crippen LogP contribution in [0, 0.1) is 12.7 Å². The Morgan fingerprint density at radius 1 is 1.32 bits per heavy atom. The van der Waals surface area contributed by atoms with E-state index >= 15 is 0 Å². The van der Waals surface area contributed by atoms with Crippen LogP contribution in [0.3, 0.4) is 0 Å². The third-order valence-electron chi connectivity index (χ3n) is 4.24. The van der Waals surface area contributed by atoms with Gasteiger partial charge in [-0.25, -0.2) is 4.39 Å². The summed E-state index contributed by atoms with van der Waals surface area (Å²) in [5.74, 6) is 2.17. The van der Waals surface area contributed by atoms with Gasteiger partial charge in [-0.2, -0.15) is 0 Å².